The minimum atomic E-state index is -2.93. The molecule has 6 heteroatoms. The van der Waals surface area contributed by atoms with Crippen LogP contribution in [0.2, 0.25) is 0 Å². The maximum atomic E-state index is 12.0. The molecular formula is C17H27N3O2S. The van der Waals surface area contributed by atoms with E-state index < -0.39 is 9.84 Å². The molecule has 0 unspecified atom stereocenters. The lowest BCUT2D eigenvalue weighted by molar-refractivity contribution is 0.581. The number of aromatic nitrogens is 3. The highest BCUT2D eigenvalue weighted by atomic mass is 32.2. The number of unbranched alkanes of at least 4 members (excludes halogenated alkanes) is 1. The molecule has 2 heterocycles. The summed E-state index contributed by atoms with van der Waals surface area (Å²) in [5.74, 6) is 1.59. The van der Waals surface area contributed by atoms with Gasteiger partial charge >= 0.3 is 0 Å². The molecular weight excluding hydrogens is 310 g/mol. The van der Waals surface area contributed by atoms with Crippen molar-refractivity contribution in [2.24, 2.45) is 0 Å². The minimum absolute atomic E-state index is 0.252. The van der Waals surface area contributed by atoms with E-state index in [2.05, 4.69) is 21.5 Å². The van der Waals surface area contributed by atoms with Crippen LogP contribution in [0.3, 0.4) is 0 Å². The predicted molar refractivity (Wildman–Crippen MR) is 94.4 cm³/mol. The molecule has 0 aliphatic carbocycles. The molecule has 128 valence electrons. The largest absolute Gasteiger partial charge is 0.328 e. The van der Waals surface area contributed by atoms with Crippen LogP contribution < -0.4 is 0 Å². The Kier molecular flexibility index (Phi) is 6.16. The SMILES string of the molecule is CCCCS(=O)(=O)CCCn1c(CCC)nc2cncc(C)c21. The molecule has 0 spiro atoms. The van der Waals surface area contributed by atoms with Crippen LogP contribution in [-0.2, 0) is 22.8 Å². The van der Waals surface area contributed by atoms with Gasteiger partial charge in [0, 0.05) is 19.2 Å². The molecule has 0 aliphatic heterocycles. The normalized spacial score (nSPS) is 12.1. The van der Waals surface area contributed by atoms with E-state index in [0.29, 0.717) is 18.7 Å². The van der Waals surface area contributed by atoms with Gasteiger partial charge in [0.15, 0.2) is 0 Å². The fourth-order valence-corrected chi connectivity index (χ4v) is 4.37. The lowest BCUT2D eigenvalue weighted by Gasteiger charge is -2.10. The van der Waals surface area contributed by atoms with Gasteiger partial charge in [-0.25, -0.2) is 13.4 Å². The topological polar surface area (TPSA) is 64.8 Å². The Morgan fingerprint density at radius 3 is 2.52 bits per heavy atom. The Morgan fingerprint density at radius 1 is 1.09 bits per heavy atom. The second-order valence-electron chi connectivity index (χ2n) is 6.11. The molecule has 0 saturated carbocycles. The van der Waals surface area contributed by atoms with Crippen molar-refractivity contribution in [1.82, 2.24) is 14.5 Å². The summed E-state index contributed by atoms with van der Waals surface area (Å²) in [6.45, 7) is 6.87. The third-order valence-corrected chi connectivity index (χ3v) is 5.85. The maximum absolute atomic E-state index is 12.0. The van der Waals surface area contributed by atoms with Crippen LogP contribution in [0.25, 0.3) is 11.0 Å². The first-order valence-electron chi connectivity index (χ1n) is 8.48. The fraction of sp³-hybridized carbons (Fsp3) is 0.647. The number of fused-ring (bicyclic) bond motifs is 1. The van der Waals surface area contributed by atoms with Crippen LogP contribution in [0.15, 0.2) is 12.4 Å². The van der Waals surface area contributed by atoms with Crippen LogP contribution in [0, 0.1) is 6.92 Å². The molecule has 0 atom stereocenters. The van der Waals surface area contributed by atoms with E-state index in [-0.39, 0.29) is 5.75 Å². The second-order valence-corrected chi connectivity index (χ2v) is 8.42. The Morgan fingerprint density at radius 2 is 1.83 bits per heavy atom. The van der Waals surface area contributed by atoms with Gasteiger partial charge in [0.05, 0.1) is 23.2 Å². The Balaban J connectivity index is 2.17. The maximum Gasteiger partial charge on any atom is 0.150 e. The zero-order valence-electron chi connectivity index (χ0n) is 14.4. The summed E-state index contributed by atoms with van der Waals surface area (Å²) in [5.41, 5.74) is 3.09. The van der Waals surface area contributed by atoms with Crippen LogP contribution in [0.5, 0.6) is 0 Å². The first-order chi connectivity index (χ1) is 11.0. The summed E-state index contributed by atoms with van der Waals surface area (Å²) >= 11 is 0. The summed E-state index contributed by atoms with van der Waals surface area (Å²) < 4.78 is 26.2. The number of rotatable bonds is 9. The van der Waals surface area contributed by atoms with Gasteiger partial charge in [0.1, 0.15) is 21.2 Å². The van der Waals surface area contributed by atoms with Gasteiger partial charge in [0.2, 0.25) is 0 Å². The van der Waals surface area contributed by atoms with Gasteiger partial charge in [-0.15, -0.1) is 0 Å². The van der Waals surface area contributed by atoms with E-state index in [1.165, 1.54) is 0 Å². The summed E-state index contributed by atoms with van der Waals surface area (Å²) in [7, 11) is -2.93. The van der Waals surface area contributed by atoms with Crippen molar-refractivity contribution in [3.63, 3.8) is 0 Å². The number of hydrogen-bond donors (Lipinski definition) is 0. The molecule has 5 nitrogen and oxygen atoms in total. The summed E-state index contributed by atoms with van der Waals surface area (Å²) in [6, 6.07) is 0. The molecule has 0 bridgehead atoms. The van der Waals surface area contributed by atoms with Crippen molar-refractivity contribution in [3.05, 3.63) is 23.8 Å². The average molecular weight is 337 g/mol. The Labute approximate surface area is 139 Å². The number of hydrogen-bond acceptors (Lipinski definition) is 4. The Hall–Kier alpha value is -1.43. The molecule has 23 heavy (non-hydrogen) atoms. The number of pyridine rings is 1. The van der Waals surface area contributed by atoms with E-state index in [4.69, 9.17) is 0 Å². The molecule has 2 aromatic heterocycles. The third kappa shape index (κ3) is 4.53. The predicted octanol–water partition coefficient (Wildman–Crippen LogP) is 3.30. The van der Waals surface area contributed by atoms with E-state index in [1.54, 1.807) is 6.20 Å². The van der Waals surface area contributed by atoms with Crippen molar-refractivity contribution in [1.29, 1.82) is 0 Å². The van der Waals surface area contributed by atoms with Crippen molar-refractivity contribution in [2.45, 2.75) is 59.4 Å². The van der Waals surface area contributed by atoms with Crippen molar-refractivity contribution in [2.75, 3.05) is 11.5 Å². The highest BCUT2D eigenvalue weighted by molar-refractivity contribution is 7.91. The summed E-state index contributed by atoms with van der Waals surface area (Å²) in [5, 5.41) is 0. The van der Waals surface area contributed by atoms with Crippen LogP contribution >= 0.6 is 0 Å². The highest BCUT2D eigenvalue weighted by Gasteiger charge is 2.14. The van der Waals surface area contributed by atoms with Gasteiger partial charge in [0.25, 0.3) is 0 Å². The van der Waals surface area contributed by atoms with Crippen LogP contribution in [0.1, 0.15) is 50.9 Å². The van der Waals surface area contributed by atoms with Gasteiger partial charge < -0.3 is 4.57 Å². The van der Waals surface area contributed by atoms with Crippen molar-refractivity contribution >= 4 is 20.9 Å². The standard InChI is InChI=1S/C17H27N3O2S/c1-4-6-10-23(21,22)11-7-9-20-16(8-5-2)19-15-13-18-12-14(3)17(15)20/h12-13H,4-11H2,1-3H3. The lowest BCUT2D eigenvalue weighted by Crippen LogP contribution is -2.14. The molecule has 0 amide bonds. The van der Waals surface area contributed by atoms with Crippen LogP contribution in [-0.4, -0.2) is 34.5 Å². The molecule has 0 aliphatic rings. The van der Waals surface area contributed by atoms with Crippen LogP contribution in [0.4, 0.5) is 0 Å². The van der Waals surface area contributed by atoms with E-state index in [1.807, 2.05) is 20.0 Å². The van der Waals surface area contributed by atoms with E-state index >= 15 is 0 Å². The monoisotopic (exact) mass is 337 g/mol. The second kappa shape index (κ2) is 7.90. The first kappa shape index (κ1) is 17.9. The molecule has 0 aromatic carbocycles. The van der Waals surface area contributed by atoms with E-state index in [9.17, 15) is 8.42 Å². The summed E-state index contributed by atoms with van der Waals surface area (Å²) in [4.78, 5) is 8.89. The quantitative estimate of drug-likeness (QED) is 0.704. The lowest BCUT2D eigenvalue weighted by atomic mass is 10.2. The number of nitrogens with zero attached hydrogens (tertiary/aromatic N) is 3. The molecule has 2 aromatic rings. The smallest absolute Gasteiger partial charge is 0.150 e. The molecule has 0 fully saturated rings. The molecule has 2 rings (SSSR count). The zero-order chi connectivity index (χ0) is 16.9. The highest BCUT2D eigenvalue weighted by Crippen LogP contribution is 2.20. The van der Waals surface area contributed by atoms with Gasteiger partial charge in [-0.3, -0.25) is 4.98 Å². The van der Waals surface area contributed by atoms with Crippen molar-refractivity contribution in [3.8, 4) is 0 Å². The summed E-state index contributed by atoms with van der Waals surface area (Å²) in [6.07, 6.45) is 7.85. The van der Waals surface area contributed by atoms with Gasteiger partial charge in [-0.05, 0) is 31.7 Å². The Bertz CT molecular complexity index is 751. The minimum Gasteiger partial charge on any atom is -0.328 e. The molecule has 0 radical (unpaired) electrons. The van der Waals surface area contributed by atoms with Gasteiger partial charge in [-0.1, -0.05) is 20.3 Å². The zero-order valence-corrected chi connectivity index (χ0v) is 15.2. The molecule has 0 N–H and O–H groups in total. The average Bonchev–Trinajstić information content (AvgIpc) is 2.85. The number of sulfone groups is 1. The van der Waals surface area contributed by atoms with Gasteiger partial charge in [-0.2, -0.15) is 0 Å². The third-order valence-electron chi connectivity index (χ3n) is 4.03. The first-order valence-corrected chi connectivity index (χ1v) is 10.3. The number of imidazole rings is 1. The fourth-order valence-electron chi connectivity index (χ4n) is 2.87. The number of aryl methyl sites for hydroxylation is 3. The van der Waals surface area contributed by atoms with Crippen molar-refractivity contribution < 1.29 is 8.42 Å². The molecule has 0 saturated heterocycles. The van der Waals surface area contributed by atoms with E-state index in [0.717, 1.165) is 48.1 Å².